The minimum absolute atomic E-state index is 0.138. The first-order chi connectivity index (χ1) is 11.8. The summed E-state index contributed by atoms with van der Waals surface area (Å²) in [5.74, 6) is -6.21. The molecule has 1 aromatic heterocycles. The fourth-order valence-corrected chi connectivity index (χ4v) is 3.73. The standard InChI is InChI=1S/C17H15F4N3O/c18-11-4-10(5-12(19)6-11)7-24-8-13(22-9-24)23-15(25)14-16(2-1-3-16)17(14,20)21/h4-6,8-9,14H,1-3,7H2,(H,23,25). The monoisotopic (exact) mass is 353 g/mol. The molecule has 2 saturated carbocycles. The summed E-state index contributed by atoms with van der Waals surface area (Å²) in [6.45, 7) is 0.140. The van der Waals surface area contributed by atoms with E-state index in [-0.39, 0.29) is 12.4 Å². The zero-order valence-electron chi connectivity index (χ0n) is 13.1. The zero-order valence-corrected chi connectivity index (χ0v) is 13.1. The third-order valence-electron chi connectivity index (χ3n) is 5.18. The van der Waals surface area contributed by atoms with Gasteiger partial charge in [0.15, 0.2) is 5.82 Å². The van der Waals surface area contributed by atoms with E-state index < -0.39 is 34.8 Å². The molecule has 1 atom stereocenters. The third-order valence-corrected chi connectivity index (χ3v) is 5.18. The average Bonchev–Trinajstić information content (AvgIpc) is 2.74. The van der Waals surface area contributed by atoms with Crippen molar-refractivity contribution in [3.05, 3.63) is 47.9 Å². The maximum Gasteiger partial charge on any atom is 0.266 e. The Labute approximate surface area is 140 Å². The predicted molar refractivity (Wildman–Crippen MR) is 81.0 cm³/mol. The smallest absolute Gasteiger partial charge is 0.266 e. The van der Waals surface area contributed by atoms with Gasteiger partial charge in [-0.05, 0) is 30.5 Å². The summed E-state index contributed by atoms with van der Waals surface area (Å²) in [5, 5.41) is 2.41. The number of hydrogen-bond acceptors (Lipinski definition) is 2. The minimum Gasteiger partial charge on any atom is -0.331 e. The van der Waals surface area contributed by atoms with Crippen LogP contribution < -0.4 is 5.32 Å². The second-order valence-corrected chi connectivity index (χ2v) is 6.76. The predicted octanol–water partition coefficient (Wildman–Crippen LogP) is 3.58. The van der Waals surface area contributed by atoms with Gasteiger partial charge in [-0.1, -0.05) is 6.42 Å². The molecular weight excluding hydrogens is 338 g/mol. The first-order valence-electron chi connectivity index (χ1n) is 7.97. The van der Waals surface area contributed by atoms with Crippen molar-refractivity contribution in [1.82, 2.24) is 9.55 Å². The highest BCUT2D eigenvalue weighted by Gasteiger charge is 2.84. The van der Waals surface area contributed by atoms with Crippen LogP contribution >= 0.6 is 0 Å². The molecule has 1 N–H and O–H groups in total. The highest BCUT2D eigenvalue weighted by atomic mass is 19.3. The van der Waals surface area contributed by atoms with Crippen LogP contribution in [-0.2, 0) is 11.3 Å². The lowest BCUT2D eigenvalue weighted by atomic mass is 9.79. The molecule has 2 fully saturated rings. The van der Waals surface area contributed by atoms with Crippen molar-refractivity contribution in [3.63, 3.8) is 0 Å². The molecule has 4 nitrogen and oxygen atoms in total. The highest BCUT2D eigenvalue weighted by Crippen LogP contribution is 2.75. The second-order valence-electron chi connectivity index (χ2n) is 6.76. The lowest BCUT2D eigenvalue weighted by molar-refractivity contribution is -0.119. The van der Waals surface area contributed by atoms with Crippen LogP contribution in [0.4, 0.5) is 23.4 Å². The number of aromatic nitrogens is 2. The Kier molecular flexibility index (Phi) is 3.42. The van der Waals surface area contributed by atoms with Gasteiger partial charge < -0.3 is 9.88 Å². The minimum atomic E-state index is -2.95. The highest BCUT2D eigenvalue weighted by molar-refractivity contribution is 5.96. The van der Waals surface area contributed by atoms with Crippen molar-refractivity contribution in [2.75, 3.05) is 5.32 Å². The van der Waals surface area contributed by atoms with E-state index in [1.165, 1.54) is 29.2 Å². The number of carbonyl (C=O) groups is 1. The van der Waals surface area contributed by atoms with E-state index in [9.17, 15) is 22.4 Å². The number of rotatable bonds is 4. The first kappa shape index (κ1) is 16.1. The van der Waals surface area contributed by atoms with Gasteiger partial charge in [0.1, 0.15) is 17.6 Å². The summed E-state index contributed by atoms with van der Waals surface area (Å²) in [6.07, 6.45) is 4.27. The van der Waals surface area contributed by atoms with E-state index in [1.807, 2.05) is 0 Å². The Morgan fingerprint density at radius 1 is 1.24 bits per heavy atom. The van der Waals surface area contributed by atoms with E-state index >= 15 is 0 Å². The van der Waals surface area contributed by atoms with Crippen LogP contribution in [-0.4, -0.2) is 21.4 Å². The molecule has 0 bridgehead atoms. The zero-order chi connectivity index (χ0) is 17.8. The largest absolute Gasteiger partial charge is 0.331 e. The van der Waals surface area contributed by atoms with Gasteiger partial charge in [0.05, 0.1) is 11.7 Å². The van der Waals surface area contributed by atoms with Crippen molar-refractivity contribution in [2.45, 2.75) is 31.7 Å². The molecule has 0 saturated heterocycles. The van der Waals surface area contributed by atoms with Gasteiger partial charge in [0.25, 0.3) is 5.92 Å². The Morgan fingerprint density at radius 3 is 2.48 bits per heavy atom. The van der Waals surface area contributed by atoms with Crippen molar-refractivity contribution < 1.29 is 22.4 Å². The molecule has 1 amide bonds. The first-order valence-corrected chi connectivity index (χ1v) is 7.97. The number of alkyl halides is 2. The van der Waals surface area contributed by atoms with Gasteiger partial charge in [-0.2, -0.15) is 0 Å². The van der Waals surface area contributed by atoms with Gasteiger partial charge in [0, 0.05) is 18.8 Å². The van der Waals surface area contributed by atoms with Gasteiger partial charge in [-0.25, -0.2) is 22.5 Å². The molecule has 1 aromatic carbocycles. The van der Waals surface area contributed by atoms with Crippen LogP contribution in [0.1, 0.15) is 24.8 Å². The summed E-state index contributed by atoms with van der Waals surface area (Å²) < 4.78 is 55.6. The van der Waals surface area contributed by atoms with E-state index in [4.69, 9.17) is 0 Å². The number of imidazole rings is 1. The van der Waals surface area contributed by atoms with Crippen LogP contribution in [0.3, 0.4) is 0 Å². The number of carbonyl (C=O) groups excluding carboxylic acids is 1. The Balaban J connectivity index is 1.43. The SMILES string of the molecule is O=C(Nc1cn(Cc2cc(F)cc(F)c2)cn1)C1C(F)(F)C12CCC2. The lowest BCUT2D eigenvalue weighted by Gasteiger charge is -2.25. The van der Waals surface area contributed by atoms with Crippen molar-refractivity contribution >= 4 is 11.7 Å². The molecular formula is C17H15F4N3O. The normalized spacial score (nSPS) is 22.5. The van der Waals surface area contributed by atoms with Crippen LogP contribution in [0.2, 0.25) is 0 Å². The molecule has 1 unspecified atom stereocenters. The quantitative estimate of drug-likeness (QED) is 0.854. The van der Waals surface area contributed by atoms with Crippen LogP contribution in [0, 0.1) is 23.0 Å². The van der Waals surface area contributed by atoms with Crippen LogP contribution in [0.15, 0.2) is 30.7 Å². The summed E-state index contributed by atoms with van der Waals surface area (Å²) >= 11 is 0. The van der Waals surface area contributed by atoms with Gasteiger partial charge >= 0.3 is 0 Å². The van der Waals surface area contributed by atoms with Gasteiger partial charge in [-0.15, -0.1) is 0 Å². The molecule has 0 aliphatic heterocycles. The fourth-order valence-electron chi connectivity index (χ4n) is 3.73. The van der Waals surface area contributed by atoms with Crippen LogP contribution in [0.5, 0.6) is 0 Å². The average molecular weight is 353 g/mol. The third kappa shape index (κ3) is 2.51. The lowest BCUT2D eigenvalue weighted by Crippen LogP contribution is -2.23. The summed E-state index contributed by atoms with van der Waals surface area (Å²) in [7, 11) is 0. The molecule has 132 valence electrons. The fraction of sp³-hybridized carbons (Fsp3) is 0.412. The Morgan fingerprint density at radius 2 is 1.92 bits per heavy atom. The van der Waals surface area contributed by atoms with Crippen molar-refractivity contribution in [3.8, 4) is 0 Å². The maximum absolute atomic E-state index is 13.9. The van der Waals surface area contributed by atoms with Crippen molar-refractivity contribution in [1.29, 1.82) is 0 Å². The maximum atomic E-state index is 13.9. The molecule has 1 spiro atoms. The topological polar surface area (TPSA) is 46.9 Å². The molecule has 2 aliphatic rings. The molecule has 2 aromatic rings. The molecule has 25 heavy (non-hydrogen) atoms. The number of benzene rings is 1. The van der Waals surface area contributed by atoms with E-state index in [1.54, 1.807) is 0 Å². The molecule has 4 rings (SSSR count). The Hall–Kier alpha value is -2.38. The summed E-state index contributed by atoms with van der Waals surface area (Å²) in [4.78, 5) is 16.1. The number of hydrogen-bond donors (Lipinski definition) is 1. The summed E-state index contributed by atoms with van der Waals surface area (Å²) in [6, 6.07) is 3.15. The second kappa shape index (κ2) is 5.31. The van der Waals surface area contributed by atoms with Gasteiger partial charge in [-0.3, -0.25) is 4.79 Å². The molecule has 2 aliphatic carbocycles. The van der Waals surface area contributed by atoms with Crippen molar-refractivity contribution in [2.24, 2.45) is 11.3 Å². The van der Waals surface area contributed by atoms with E-state index in [2.05, 4.69) is 10.3 Å². The summed E-state index contributed by atoms with van der Waals surface area (Å²) in [5.41, 5.74) is -0.770. The molecule has 0 radical (unpaired) electrons. The van der Waals surface area contributed by atoms with E-state index in [0.29, 0.717) is 18.4 Å². The number of nitrogens with one attached hydrogen (secondary N) is 1. The molecule has 1 heterocycles. The van der Waals surface area contributed by atoms with Gasteiger partial charge in [0.2, 0.25) is 5.91 Å². The Bertz CT molecular complexity index is 824. The number of nitrogens with zero attached hydrogens (tertiary/aromatic N) is 2. The number of amides is 1. The molecule has 8 heteroatoms. The number of halogens is 4. The number of anilines is 1. The van der Waals surface area contributed by atoms with E-state index in [0.717, 1.165) is 12.5 Å². The van der Waals surface area contributed by atoms with Crippen LogP contribution in [0.25, 0.3) is 0 Å².